The molecule has 2 nitrogen and oxygen atoms in total. The Hall–Kier alpha value is -0.510. The van der Waals surface area contributed by atoms with Gasteiger partial charge in [0.05, 0.1) is 6.61 Å². The van der Waals surface area contributed by atoms with Gasteiger partial charge in [0.1, 0.15) is 0 Å². The zero-order chi connectivity index (χ0) is 10.4. The quantitative estimate of drug-likeness (QED) is 0.729. The largest absolute Gasteiger partial charge is 0.395 e. The molecule has 0 spiro atoms. The van der Waals surface area contributed by atoms with Gasteiger partial charge in [0.15, 0.2) is 0 Å². The normalized spacial score (nSPS) is 12.8. The van der Waals surface area contributed by atoms with Gasteiger partial charge in [-0.1, -0.05) is 25.1 Å². The molecule has 3 heteroatoms. The van der Waals surface area contributed by atoms with Gasteiger partial charge in [-0.25, -0.2) is 0 Å². The maximum Gasteiger partial charge on any atom is 0.0550 e. The van der Waals surface area contributed by atoms with Crippen molar-refractivity contribution in [2.45, 2.75) is 23.6 Å². The molecular formula is C11H17NOS. The zero-order valence-electron chi connectivity index (χ0n) is 8.66. The first kappa shape index (κ1) is 11.6. The number of rotatable bonds is 5. The molecule has 1 unspecified atom stereocenters. The highest BCUT2D eigenvalue weighted by Crippen LogP contribution is 2.26. The molecule has 1 atom stereocenters. The van der Waals surface area contributed by atoms with E-state index in [4.69, 9.17) is 5.11 Å². The maximum atomic E-state index is 8.98. The molecule has 0 bridgehead atoms. The Morgan fingerprint density at radius 2 is 2.14 bits per heavy atom. The Balaban J connectivity index is 2.73. The molecule has 0 saturated heterocycles. The van der Waals surface area contributed by atoms with Gasteiger partial charge in [-0.3, -0.25) is 0 Å². The van der Waals surface area contributed by atoms with E-state index in [1.807, 2.05) is 26.1 Å². The molecule has 0 aromatic heterocycles. The highest BCUT2D eigenvalue weighted by Gasteiger charge is 2.06. The fourth-order valence-corrected chi connectivity index (χ4v) is 2.17. The fourth-order valence-electron chi connectivity index (χ4n) is 1.21. The van der Waals surface area contributed by atoms with E-state index in [1.54, 1.807) is 11.8 Å². The third kappa shape index (κ3) is 3.33. The van der Waals surface area contributed by atoms with Gasteiger partial charge in [-0.2, -0.15) is 0 Å². The van der Waals surface area contributed by atoms with Crippen molar-refractivity contribution in [3.63, 3.8) is 0 Å². The van der Waals surface area contributed by atoms with Gasteiger partial charge in [0, 0.05) is 16.7 Å². The Morgan fingerprint density at radius 3 is 2.79 bits per heavy atom. The van der Waals surface area contributed by atoms with Crippen LogP contribution in [0.15, 0.2) is 29.2 Å². The van der Waals surface area contributed by atoms with E-state index in [0.717, 1.165) is 6.54 Å². The number of aliphatic hydroxyl groups is 1. The van der Waals surface area contributed by atoms with Gasteiger partial charge in [-0.05, 0) is 18.7 Å². The molecule has 2 N–H and O–H groups in total. The third-order valence-electron chi connectivity index (χ3n) is 1.93. The monoisotopic (exact) mass is 211 g/mol. The smallest absolute Gasteiger partial charge is 0.0550 e. The Labute approximate surface area is 89.7 Å². The lowest BCUT2D eigenvalue weighted by atomic mass is 10.2. The fraction of sp³-hybridized carbons (Fsp3) is 0.455. The lowest BCUT2D eigenvalue weighted by Gasteiger charge is -2.11. The summed E-state index contributed by atoms with van der Waals surface area (Å²) in [6.07, 6.45) is 0. The first-order valence-corrected chi connectivity index (χ1v) is 5.66. The predicted octanol–water partition coefficient (Wildman–Crippen LogP) is 1.88. The molecule has 0 fully saturated rings. The van der Waals surface area contributed by atoms with Crippen molar-refractivity contribution in [2.75, 3.05) is 13.7 Å². The van der Waals surface area contributed by atoms with Crippen molar-refractivity contribution in [1.29, 1.82) is 0 Å². The Bertz CT molecular complexity index is 278. The van der Waals surface area contributed by atoms with Crippen LogP contribution in [0.4, 0.5) is 0 Å². The van der Waals surface area contributed by atoms with Crippen molar-refractivity contribution < 1.29 is 5.11 Å². The second-order valence-electron chi connectivity index (χ2n) is 3.25. The summed E-state index contributed by atoms with van der Waals surface area (Å²) in [6.45, 7) is 3.13. The van der Waals surface area contributed by atoms with Crippen molar-refractivity contribution in [2.24, 2.45) is 0 Å². The summed E-state index contributed by atoms with van der Waals surface area (Å²) in [5, 5.41) is 12.4. The summed E-state index contributed by atoms with van der Waals surface area (Å²) in [4.78, 5) is 1.25. The highest BCUT2D eigenvalue weighted by atomic mass is 32.2. The minimum atomic E-state index is 0.221. The number of thioether (sulfide) groups is 1. The lowest BCUT2D eigenvalue weighted by molar-refractivity contribution is 0.300. The Kier molecular flexibility index (Phi) is 5.01. The lowest BCUT2D eigenvalue weighted by Crippen LogP contribution is -2.08. The molecule has 1 aromatic rings. The Morgan fingerprint density at radius 1 is 1.43 bits per heavy atom. The third-order valence-corrected chi connectivity index (χ3v) is 3.13. The van der Waals surface area contributed by atoms with Crippen LogP contribution in [0.1, 0.15) is 12.5 Å². The summed E-state index contributed by atoms with van der Waals surface area (Å²) >= 11 is 1.72. The molecule has 1 aromatic carbocycles. The van der Waals surface area contributed by atoms with Crippen LogP contribution in [0.3, 0.4) is 0 Å². The first-order valence-electron chi connectivity index (χ1n) is 4.78. The topological polar surface area (TPSA) is 32.3 Å². The van der Waals surface area contributed by atoms with Crippen LogP contribution in [0.25, 0.3) is 0 Å². The molecule has 0 aliphatic heterocycles. The van der Waals surface area contributed by atoms with Gasteiger partial charge in [0.25, 0.3) is 0 Å². The van der Waals surface area contributed by atoms with Crippen LogP contribution in [0, 0.1) is 0 Å². The van der Waals surface area contributed by atoms with Crippen molar-refractivity contribution in [1.82, 2.24) is 5.32 Å². The summed E-state index contributed by atoms with van der Waals surface area (Å²) < 4.78 is 0. The maximum absolute atomic E-state index is 8.98. The van der Waals surface area contributed by atoms with Gasteiger partial charge in [-0.15, -0.1) is 11.8 Å². The summed E-state index contributed by atoms with van der Waals surface area (Å²) in [5.41, 5.74) is 1.29. The van der Waals surface area contributed by atoms with Crippen LogP contribution >= 0.6 is 11.8 Å². The van der Waals surface area contributed by atoms with Crippen LogP contribution in [0.2, 0.25) is 0 Å². The minimum absolute atomic E-state index is 0.221. The van der Waals surface area contributed by atoms with E-state index in [-0.39, 0.29) is 11.9 Å². The first-order chi connectivity index (χ1) is 6.77. The molecule has 1 rings (SSSR count). The average Bonchev–Trinajstić information content (AvgIpc) is 2.21. The summed E-state index contributed by atoms with van der Waals surface area (Å²) in [6, 6.07) is 8.29. The van der Waals surface area contributed by atoms with E-state index in [1.165, 1.54) is 10.5 Å². The van der Waals surface area contributed by atoms with E-state index >= 15 is 0 Å². The molecule has 0 aliphatic rings. The molecule has 0 radical (unpaired) electrons. The SMILES string of the molecule is CNCc1ccccc1SC(C)CO. The van der Waals surface area contributed by atoms with Crippen molar-refractivity contribution in [3.8, 4) is 0 Å². The molecule has 78 valence electrons. The molecule has 0 amide bonds. The standard InChI is InChI=1S/C11H17NOS/c1-9(8-13)14-11-6-4-3-5-10(11)7-12-2/h3-6,9,12-13H,7-8H2,1-2H3. The van der Waals surface area contributed by atoms with Gasteiger partial charge in [0.2, 0.25) is 0 Å². The number of hydrogen-bond donors (Lipinski definition) is 2. The molecule has 0 heterocycles. The second-order valence-corrected chi connectivity index (χ2v) is 4.73. The van der Waals surface area contributed by atoms with E-state index < -0.39 is 0 Å². The van der Waals surface area contributed by atoms with Crippen molar-refractivity contribution >= 4 is 11.8 Å². The van der Waals surface area contributed by atoms with Crippen molar-refractivity contribution in [3.05, 3.63) is 29.8 Å². The van der Waals surface area contributed by atoms with E-state index in [0.29, 0.717) is 0 Å². The number of aliphatic hydroxyl groups excluding tert-OH is 1. The van der Waals surface area contributed by atoms with Crippen LogP contribution in [0.5, 0.6) is 0 Å². The average molecular weight is 211 g/mol. The highest BCUT2D eigenvalue weighted by molar-refractivity contribution is 8.00. The van der Waals surface area contributed by atoms with Crippen LogP contribution in [-0.4, -0.2) is 24.0 Å². The summed E-state index contributed by atoms with van der Waals surface area (Å²) in [7, 11) is 1.94. The van der Waals surface area contributed by atoms with Crippen LogP contribution < -0.4 is 5.32 Å². The molecule has 14 heavy (non-hydrogen) atoms. The molecule has 0 aliphatic carbocycles. The van der Waals surface area contributed by atoms with Gasteiger partial charge < -0.3 is 10.4 Å². The molecular weight excluding hydrogens is 194 g/mol. The minimum Gasteiger partial charge on any atom is -0.395 e. The predicted molar refractivity (Wildman–Crippen MR) is 61.6 cm³/mol. The summed E-state index contributed by atoms with van der Waals surface area (Å²) in [5.74, 6) is 0. The number of nitrogens with one attached hydrogen (secondary N) is 1. The number of benzene rings is 1. The van der Waals surface area contributed by atoms with E-state index in [2.05, 4.69) is 17.4 Å². The van der Waals surface area contributed by atoms with E-state index in [9.17, 15) is 0 Å². The number of hydrogen-bond acceptors (Lipinski definition) is 3. The molecule has 0 saturated carbocycles. The van der Waals surface area contributed by atoms with Gasteiger partial charge >= 0.3 is 0 Å². The van der Waals surface area contributed by atoms with Crippen LogP contribution in [-0.2, 0) is 6.54 Å². The zero-order valence-corrected chi connectivity index (χ0v) is 9.47. The second kappa shape index (κ2) is 6.06.